The Kier molecular flexibility index (Phi) is 39.8. The summed E-state index contributed by atoms with van der Waals surface area (Å²) in [7, 11) is 0. The van der Waals surface area contributed by atoms with E-state index in [1.807, 2.05) is 67.7 Å². The lowest BCUT2D eigenvalue weighted by Gasteiger charge is -1.98. The number of rotatable bonds is 5. The van der Waals surface area contributed by atoms with Crippen molar-refractivity contribution < 1.29 is 0 Å². The zero-order chi connectivity index (χ0) is 26.3. The average Bonchev–Trinajstić information content (AvgIpc) is 3.38. The van der Waals surface area contributed by atoms with Gasteiger partial charge in [0.25, 0.3) is 0 Å². The Labute approximate surface area is 207 Å². The minimum atomic E-state index is 0.894. The number of aryl methyl sites for hydroxylation is 1. The molecule has 0 atom stereocenters. The summed E-state index contributed by atoms with van der Waals surface area (Å²) in [5.74, 6) is 0.903. The van der Waals surface area contributed by atoms with Crippen LogP contribution in [0.2, 0.25) is 0 Å². The number of hydrogen-bond donors (Lipinski definition) is 1. The van der Waals surface area contributed by atoms with Crippen LogP contribution in [0.15, 0.2) is 55.1 Å². The molecule has 1 N–H and O–H groups in total. The molecule has 0 fully saturated rings. The summed E-state index contributed by atoms with van der Waals surface area (Å²) in [4.78, 5) is 10.8. The van der Waals surface area contributed by atoms with E-state index in [4.69, 9.17) is 0 Å². The molecular weight excluding hydrogens is 402 g/mol. The lowest BCUT2D eigenvalue weighted by atomic mass is 10.1. The number of aromatic nitrogens is 3. The van der Waals surface area contributed by atoms with Gasteiger partial charge in [0.15, 0.2) is 0 Å². The zero-order valence-corrected chi connectivity index (χ0v) is 24.2. The van der Waals surface area contributed by atoms with Crippen molar-refractivity contribution in [3.63, 3.8) is 0 Å². The smallest absolute Gasteiger partial charge is 0.140 e. The molecule has 0 radical (unpaired) electrons. The van der Waals surface area contributed by atoms with Gasteiger partial charge in [-0.3, -0.25) is 0 Å². The fraction of sp³-hybridized carbons (Fsp3) is 0.600. The molecule has 2 heterocycles. The molecule has 0 aliphatic carbocycles. The molecule has 0 aliphatic heterocycles. The third-order valence-corrected chi connectivity index (χ3v) is 3.74. The molecule has 0 spiro atoms. The topological polar surface area (TPSA) is 41.6 Å². The van der Waals surface area contributed by atoms with Crippen LogP contribution in [0.4, 0.5) is 0 Å². The van der Waals surface area contributed by atoms with Crippen molar-refractivity contribution in [1.29, 1.82) is 0 Å². The number of aromatic amines is 1. The molecule has 33 heavy (non-hydrogen) atoms. The maximum Gasteiger partial charge on any atom is 0.140 e. The number of hydrogen-bond acceptors (Lipinski definition) is 2. The highest BCUT2D eigenvalue weighted by Crippen LogP contribution is 2.05. The van der Waals surface area contributed by atoms with E-state index in [-0.39, 0.29) is 0 Å². The SMILES string of the molecule is CC.CC.CC.CC.CCCCC(C)C.CCCc1ccccc1.c1ncc2cc[nH]c2n1. The van der Waals surface area contributed by atoms with Crippen LogP contribution in [0.5, 0.6) is 0 Å². The Balaban J connectivity index is -0.000000167. The Morgan fingerprint density at radius 2 is 1.36 bits per heavy atom. The van der Waals surface area contributed by atoms with Crippen molar-refractivity contribution in [1.82, 2.24) is 15.0 Å². The summed E-state index contributed by atoms with van der Waals surface area (Å²) in [6.07, 6.45) is 11.7. The average molecular weight is 460 g/mol. The molecule has 2 aromatic heterocycles. The second-order valence-corrected chi connectivity index (χ2v) is 6.58. The number of nitrogens with one attached hydrogen (secondary N) is 1. The first kappa shape index (κ1) is 38.1. The van der Waals surface area contributed by atoms with Crippen LogP contribution in [0.25, 0.3) is 11.0 Å². The third kappa shape index (κ3) is 26.0. The van der Waals surface area contributed by atoms with Gasteiger partial charge in [0, 0.05) is 17.8 Å². The highest BCUT2D eigenvalue weighted by molar-refractivity contribution is 5.73. The first-order valence-electron chi connectivity index (χ1n) is 13.4. The fourth-order valence-electron chi connectivity index (χ4n) is 2.34. The van der Waals surface area contributed by atoms with Gasteiger partial charge in [-0.25, -0.2) is 9.97 Å². The van der Waals surface area contributed by atoms with Crippen molar-refractivity contribution >= 4 is 11.0 Å². The summed E-state index contributed by atoms with van der Waals surface area (Å²) in [6, 6.07) is 12.5. The fourth-order valence-corrected chi connectivity index (χ4v) is 2.34. The lowest BCUT2D eigenvalue weighted by molar-refractivity contribution is 0.550. The quantitative estimate of drug-likeness (QED) is 0.412. The summed E-state index contributed by atoms with van der Waals surface area (Å²) < 4.78 is 0. The monoisotopic (exact) mass is 459 g/mol. The van der Waals surface area contributed by atoms with E-state index >= 15 is 0 Å². The van der Waals surface area contributed by atoms with Crippen molar-refractivity contribution in [3.8, 4) is 0 Å². The van der Waals surface area contributed by atoms with Crippen molar-refractivity contribution in [2.75, 3.05) is 0 Å². The van der Waals surface area contributed by atoms with Gasteiger partial charge < -0.3 is 4.98 Å². The molecule has 1 aromatic carbocycles. The van der Waals surface area contributed by atoms with Gasteiger partial charge in [0.1, 0.15) is 12.0 Å². The number of fused-ring (bicyclic) bond motifs is 1. The van der Waals surface area contributed by atoms with E-state index in [0.29, 0.717) is 0 Å². The van der Waals surface area contributed by atoms with Gasteiger partial charge in [-0.2, -0.15) is 0 Å². The molecule has 3 rings (SSSR count). The lowest BCUT2D eigenvalue weighted by Crippen LogP contribution is -1.83. The Morgan fingerprint density at radius 1 is 0.788 bits per heavy atom. The largest absolute Gasteiger partial charge is 0.346 e. The van der Waals surface area contributed by atoms with Gasteiger partial charge in [0.2, 0.25) is 0 Å². The van der Waals surface area contributed by atoms with Gasteiger partial charge in [-0.1, -0.05) is 139 Å². The Hall–Kier alpha value is -2.16. The predicted octanol–water partition coefficient (Wildman–Crippen LogP) is 10.5. The van der Waals surface area contributed by atoms with Crippen LogP contribution in [-0.2, 0) is 6.42 Å². The van der Waals surface area contributed by atoms with Crippen LogP contribution in [-0.4, -0.2) is 15.0 Å². The first-order chi connectivity index (χ1) is 16.2. The maximum atomic E-state index is 3.97. The van der Waals surface area contributed by atoms with E-state index in [0.717, 1.165) is 17.0 Å². The third-order valence-electron chi connectivity index (χ3n) is 3.74. The molecule has 3 nitrogen and oxygen atoms in total. The Morgan fingerprint density at radius 3 is 1.79 bits per heavy atom. The van der Waals surface area contributed by atoms with Gasteiger partial charge >= 0.3 is 0 Å². The van der Waals surface area contributed by atoms with Crippen molar-refractivity contribution in [2.24, 2.45) is 5.92 Å². The molecule has 0 bridgehead atoms. The minimum absolute atomic E-state index is 0.894. The number of H-pyrrole nitrogens is 1. The van der Waals surface area contributed by atoms with Gasteiger partial charge in [-0.05, 0) is 24.0 Å². The summed E-state index contributed by atoms with van der Waals surface area (Å²) in [6.45, 7) is 25.0. The van der Waals surface area contributed by atoms with E-state index in [2.05, 4.69) is 73.0 Å². The van der Waals surface area contributed by atoms with Crippen LogP contribution in [0, 0.1) is 5.92 Å². The summed E-state index contributed by atoms with van der Waals surface area (Å²) in [5, 5.41) is 1.05. The molecular formula is C30H57N3. The van der Waals surface area contributed by atoms with Crippen LogP contribution >= 0.6 is 0 Å². The number of unbranched alkanes of at least 4 members (excludes halogenated alkanes) is 1. The van der Waals surface area contributed by atoms with Crippen molar-refractivity contribution in [2.45, 2.75) is 115 Å². The van der Waals surface area contributed by atoms with E-state index in [9.17, 15) is 0 Å². The molecule has 0 aliphatic rings. The summed E-state index contributed by atoms with van der Waals surface area (Å²) in [5.41, 5.74) is 2.34. The maximum absolute atomic E-state index is 3.97. The minimum Gasteiger partial charge on any atom is -0.346 e. The van der Waals surface area contributed by atoms with Crippen LogP contribution < -0.4 is 0 Å². The normalized spacial score (nSPS) is 8.27. The van der Waals surface area contributed by atoms with Crippen molar-refractivity contribution in [3.05, 3.63) is 60.7 Å². The van der Waals surface area contributed by atoms with E-state index in [1.165, 1.54) is 44.0 Å². The second kappa shape index (κ2) is 34.5. The molecule has 192 valence electrons. The molecule has 0 unspecified atom stereocenters. The van der Waals surface area contributed by atoms with Crippen LogP contribution in [0.3, 0.4) is 0 Å². The number of benzene rings is 1. The molecule has 3 aromatic rings. The highest BCUT2D eigenvalue weighted by atomic mass is 14.9. The molecule has 0 saturated carbocycles. The number of nitrogens with zero attached hydrogens (tertiary/aromatic N) is 2. The highest BCUT2D eigenvalue weighted by Gasteiger charge is 1.90. The zero-order valence-electron chi connectivity index (χ0n) is 24.2. The van der Waals surface area contributed by atoms with Crippen LogP contribution in [0.1, 0.15) is 114 Å². The van der Waals surface area contributed by atoms with Gasteiger partial charge in [-0.15, -0.1) is 0 Å². The Bertz CT molecular complexity index is 630. The standard InChI is InChI=1S/C9H12.C7H16.C6H5N3.4C2H6/c1-2-6-9-7-4-3-5-8-9;1-4-5-6-7(2)3;1-2-8-6-5(1)3-7-4-9-6;4*1-2/h3-5,7-8H,2,6H2,1H3;7H,4-6H2,1-3H3;1-4H,(H,7,8,9);4*1-2H3. The van der Waals surface area contributed by atoms with E-state index < -0.39 is 0 Å². The molecule has 3 heteroatoms. The predicted molar refractivity (Wildman–Crippen MR) is 154 cm³/mol. The molecule has 0 amide bonds. The van der Waals surface area contributed by atoms with E-state index in [1.54, 1.807) is 6.20 Å². The second-order valence-electron chi connectivity index (χ2n) is 6.58. The molecule has 0 saturated heterocycles. The summed E-state index contributed by atoms with van der Waals surface area (Å²) >= 11 is 0. The first-order valence-corrected chi connectivity index (χ1v) is 13.4. The van der Waals surface area contributed by atoms with Gasteiger partial charge in [0.05, 0.1) is 0 Å².